The first kappa shape index (κ1) is 16.1. The van der Waals surface area contributed by atoms with Crippen LogP contribution in [0.1, 0.15) is 6.92 Å². The molecule has 2 aromatic carbocycles. The molecule has 2 aromatic rings. The van der Waals surface area contributed by atoms with E-state index in [1.165, 1.54) is 0 Å². The molecular formula is C19H18BNO3. The Balaban J connectivity index is 2.20. The van der Waals surface area contributed by atoms with Gasteiger partial charge >= 0.3 is 7.12 Å². The number of hydrogen-bond acceptors (Lipinski definition) is 4. The zero-order valence-electron chi connectivity index (χ0n) is 13.4. The summed E-state index contributed by atoms with van der Waals surface area (Å²) in [6.45, 7) is 5.66. The minimum atomic E-state index is -1.54. The maximum atomic E-state index is 9.50. The summed E-state index contributed by atoms with van der Waals surface area (Å²) in [4.78, 5) is 2.03. The molecule has 0 bridgehead atoms. The maximum Gasteiger partial charge on any atom is 0.488 e. The van der Waals surface area contributed by atoms with E-state index in [0.717, 1.165) is 22.8 Å². The van der Waals surface area contributed by atoms with Gasteiger partial charge in [-0.15, -0.1) is 0 Å². The van der Waals surface area contributed by atoms with Gasteiger partial charge in [0, 0.05) is 5.70 Å². The van der Waals surface area contributed by atoms with Crippen LogP contribution in [-0.2, 0) is 0 Å². The van der Waals surface area contributed by atoms with Crippen molar-refractivity contribution in [2.45, 2.75) is 6.92 Å². The zero-order valence-corrected chi connectivity index (χ0v) is 13.4. The molecule has 4 nitrogen and oxygen atoms in total. The Hall–Kier alpha value is -2.76. The second-order valence-electron chi connectivity index (χ2n) is 5.31. The number of fused-ring (bicyclic) bond motifs is 2. The molecule has 24 heavy (non-hydrogen) atoms. The first-order valence-corrected chi connectivity index (χ1v) is 7.68. The van der Waals surface area contributed by atoms with Crippen molar-refractivity contribution in [3.05, 3.63) is 79.0 Å². The molecule has 0 aliphatic carbocycles. The van der Waals surface area contributed by atoms with Crippen molar-refractivity contribution in [1.29, 1.82) is 0 Å². The topological polar surface area (TPSA) is 52.9 Å². The fourth-order valence-corrected chi connectivity index (χ4v) is 2.68. The average Bonchev–Trinajstić information content (AvgIpc) is 2.60. The minimum Gasteiger partial charge on any atom is -0.453 e. The van der Waals surface area contributed by atoms with Crippen molar-refractivity contribution in [1.82, 2.24) is 0 Å². The third-order valence-electron chi connectivity index (χ3n) is 3.81. The third-order valence-corrected chi connectivity index (χ3v) is 3.81. The lowest BCUT2D eigenvalue weighted by molar-refractivity contribution is 0.425. The van der Waals surface area contributed by atoms with Crippen LogP contribution in [0.3, 0.4) is 0 Å². The van der Waals surface area contributed by atoms with Crippen LogP contribution in [0, 0.1) is 0 Å². The number of nitrogens with zero attached hydrogens (tertiary/aromatic N) is 1. The number of allylic oxidation sites excluding steroid dienone is 4. The van der Waals surface area contributed by atoms with Crippen molar-refractivity contribution < 1.29 is 14.8 Å². The Kier molecular flexibility index (Phi) is 4.56. The van der Waals surface area contributed by atoms with Crippen LogP contribution < -0.4 is 15.1 Å². The van der Waals surface area contributed by atoms with Gasteiger partial charge in [0.05, 0.1) is 11.4 Å². The van der Waals surface area contributed by atoms with Crippen molar-refractivity contribution in [2.24, 2.45) is 0 Å². The summed E-state index contributed by atoms with van der Waals surface area (Å²) in [6.07, 6.45) is 7.50. The molecule has 0 fully saturated rings. The molecule has 0 aromatic heterocycles. The van der Waals surface area contributed by atoms with Gasteiger partial charge in [0.25, 0.3) is 0 Å². The second-order valence-corrected chi connectivity index (χ2v) is 5.31. The lowest BCUT2D eigenvalue weighted by Crippen LogP contribution is -2.31. The minimum absolute atomic E-state index is 0.407. The van der Waals surface area contributed by atoms with Crippen molar-refractivity contribution in [2.75, 3.05) is 4.90 Å². The van der Waals surface area contributed by atoms with Gasteiger partial charge in [-0.1, -0.05) is 43.0 Å². The summed E-state index contributed by atoms with van der Waals surface area (Å²) in [6, 6.07) is 12.8. The van der Waals surface area contributed by atoms with Gasteiger partial charge in [-0.2, -0.15) is 0 Å². The number of ether oxygens (including phenoxy) is 1. The van der Waals surface area contributed by atoms with Crippen LogP contribution in [0.2, 0.25) is 0 Å². The molecular weight excluding hydrogens is 301 g/mol. The van der Waals surface area contributed by atoms with E-state index < -0.39 is 7.12 Å². The largest absolute Gasteiger partial charge is 0.488 e. The van der Waals surface area contributed by atoms with Gasteiger partial charge in [-0.05, 0) is 42.7 Å². The van der Waals surface area contributed by atoms with E-state index in [2.05, 4.69) is 6.58 Å². The Labute approximate surface area is 141 Å². The molecule has 0 atom stereocenters. The number of para-hydroxylation sites is 2. The summed E-state index contributed by atoms with van der Waals surface area (Å²) in [5.41, 5.74) is 2.97. The molecule has 0 saturated heterocycles. The van der Waals surface area contributed by atoms with Crippen LogP contribution in [0.5, 0.6) is 11.5 Å². The van der Waals surface area contributed by atoms with Gasteiger partial charge in [0.2, 0.25) is 0 Å². The average molecular weight is 319 g/mol. The molecule has 0 amide bonds. The molecule has 0 saturated carbocycles. The summed E-state index contributed by atoms with van der Waals surface area (Å²) >= 11 is 0. The van der Waals surface area contributed by atoms with Gasteiger partial charge in [0.15, 0.2) is 11.5 Å². The van der Waals surface area contributed by atoms with Crippen molar-refractivity contribution in [3.63, 3.8) is 0 Å². The smallest absolute Gasteiger partial charge is 0.453 e. The molecule has 1 aliphatic rings. The Bertz CT molecular complexity index is 827. The standard InChI is InChI=1S/C19H18BNO3/c1-3-5-8-15(4-2)21-16-9-6-7-10-18(16)24-19-12-11-14(20(22)23)13-17(19)21/h3-13,22-23H,1H2,2H3/b8-5-,15-4+. The Morgan fingerprint density at radius 3 is 2.58 bits per heavy atom. The lowest BCUT2D eigenvalue weighted by atomic mass is 9.80. The van der Waals surface area contributed by atoms with Crippen molar-refractivity contribution in [3.8, 4) is 11.5 Å². The zero-order chi connectivity index (χ0) is 17.1. The normalized spacial score (nSPS) is 13.3. The first-order chi connectivity index (χ1) is 11.7. The van der Waals surface area contributed by atoms with E-state index >= 15 is 0 Å². The molecule has 120 valence electrons. The van der Waals surface area contributed by atoms with Crippen molar-refractivity contribution >= 4 is 24.0 Å². The summed E-state index contributed by atoms with van der Waals surface area (Å²) < 4.78 is 5.97. The Morgan fingerprint density at radius 2 is 1.88 bits per heavy atom. The fraction of sp³-hybridized carbons (Fsp3) is 0.0526. The van der Waals surface area contributed by atoms with E-state index in [0.29, 0.717) is 11.2 Å². The highest BCUT2D eigenvalue weighted by molar-refractivity contribution is 6.58. The van der Waals surface area contributed by atoms with E-state index in [1.54, 1.807) is 24.3 Å². The highest BCUT2D eigenvalue weighted by Crippen LogP contribution is 2.48. The molecule has 0 radical (unpaired) electrons. The molecule has 5 heteroatoms. The Morgan fingerprint density at radius 1 is 1.12 bits per heavy atom. The van der Waals surface area contributed by atoms with Crippen LogP contribution in [0.25, 0.3) is 0 Å². The molecule has 1 aliphatic heterocycles. The predicted octanol–water partition coefficient (Wildman–Crippen LogP) is 3.26. The van der Waals surface area contributed by atoms with E-state index in [-0.39, 0.29) is 0 Å². The fourth-order valence-electron chi connectivity index (χ4n) is 2.68. The van der Waals surface area contributed by atoms with E-state index in [9.17, 15) is 10.0 Å². The molecule has 0 spiro atoms. The van der Waals surface area contributed by atoms with Crippen LogP contribution >= 0.6 is 0 Å². The highest BCUT2D eigenvalue weighted by Gasteiger charge is 2.27. The van der Waals surface area contributed by atoms with Crippen LogP contribution in [-0.4, -0.2) is 17.2 Å². The number of hydrogen-bond donors (Lipinski definition) is 2. The van der Waals surface area contributed by atoms with E-state index in [1.807, 2.05) is 54.3 Å². The molecule has 3 rings (SSSR count). The van der Waals surface area contributed by atoms with Crippen LogP contribution in [0.4, 0.5) is 11.4 Å². The number of anilines is 2. The summed E-state index contributed by atoms with van der Waals surface area (Å²) in [5.74, 6) is 1.40. The van der Waals surface area contributed by atoms with Crippen LogP contribution in [0.15, 0.2) is 79.0 Å². The first-order valence-electron chi connectivity index (χ1n) is 7.68. The summed E-state index contributed by atoms with van der Waals surface area (Å²) in [7, 11) is -1.54. The van der Waals surface area contributed by atoms with Gasteiger partial charge < -0.3 is 19.7 Å². The third kappa shape index (κ3) is 2.87. The number of rotatable bonds is 4. The monoisotopic (exact) mass is 319 g/mol. The van der Waals surface area contributed by atoms with Gasteiger partial charge in [0.1, 0.15) is 0 Å². The maximum absolute atomic E-state index is 9.50. The van der Waals surface area contributed by atoms with Gasteiger partial charge in [-0.25, -0.2) is 0 Å². The quantitative estimate of drug-likeness (QED) is 0.671. The molecule has 0 unspecified atom stereocenters. The molecule has 2 N–H and O–H groups in total. The lowest BCUT2D eigenvalue weighted by Gasteiger charge is -2.33. The predicted molar refractivity (Wildman–Crippen MR) is 98.0 cm³/mol. The van der Waals surface area contributed by atoms with E-state index in [4.69, 9.17) is 4.74 Å². The van der Waals surface area contributed by atoms with Gasteiger partial charge in [-0.3, -0.25) is 0 Å². The highest BCUT2D eigenvalue weighted by atomic mass is 16.5. The molecule has 1 heterocycles. The number of benzene rings is 2. The second kappa shape index (κ2) is 6.78. The SMILES string of the molecule is C=C/C=C\C(=C/C)N1c2ccccc2Oc2ccc(B(O)O)cc21. The summed E-state index contributed by atoms with van der Waals surface area (Å²) in [5, 5.41) is 19.0.